The fourth-order valence-corrected chi connectivity index (χ4v) is 5.10. The minimum atomic E-state index is -3.11. The van der Waals surface area contributed by atoms with E-state index >= 15 is 0 Å². The number of hydrogen-bond donors (Lipinski definition) is 1. The summed E-state index contributed by atoms with van der Waals surface area (Å²) in [5, 5.41) is 3.51. The number of piperazine rings is 1. The summed E-state index contributed by atoms with van der Waals surface area (Å²) in [6.45, 7) is 11.1. The lowest BCUT2D eigenvalue weighted by molar-refractivity contribution is 0.271. The van der Waals surface area contributed by atoms with Crippen LogP contribution in [0.4, 0.5) is 10.1 Å². The molecule has 2 heterocycles. The van der Waals surface area contributed by atoms with Gasteiger partial charge in [0.2, 0.25) is 10.0 Å². The number of nitrogens with one attached hydrogen (secondary N) is 1. The van der Waals surface area contributed by atoms with Crippen LogP contribution in [0.1, 0.15) is 31.9 Å². The van der Waals surface area contributed by atoms with Gasteiger partial charge in [-0.15, -0.1) is 0 Å². The molecule has 6 nitrogen and oxygen atoms in total. The van der Waals surface area contributed by atoms with Crippen LogP contribution in [0.3, 0.4) is 0 Å². The van der Waals surface area contributed by atoms with Crippen LogP contribution in [-0.4, -0.2) is 76.2 Å². The fourth-order valence-electron chi connectivity index (χ4n) is 4.18. The first-order chi connectivity index (χ1) is 13.3. The van der Waals surface area contributed by atoms with Crippen molar-refractivity contribution in [2.45, 2.75) is 26.3 Å². The molecule has 2 fully saturated rings. The number of hydrogen-bond acceptors (Lipinski definition) is 5. The van der Waals surface area contributed by atoms with E-state index in [4.69, 9.17) is 0 Å². The molecule has 8 heteroatoms. The number of anilines is 1. The molecule has 0 unspecified atom stereocenters. The summed E-state index contributed by atoms with van der Waals surface area (Å²) in [4.78, 5) is 4.77. The maximum absolute atomic E-state index is 14.0. The van der Waals surface area contributed by atoms with Crippen LogP contribution < -0.4 is 10.2 Å². The van der Waals surface area contributed by atoms with Crippen molar-refractivity contribution >= 4 is 15.7 Å². The first-order valence-electron chi connectivity index (χ1n) is 10.2. The summed E-state index contributed by atoms with van der Waals surface area (Å²) in [6, 6.07) is 5.07. The lowest BCUT2D eigenvalue weighted by Crippen LogP contribution is -2.46. The molecule has 0 aliphatic carbocycles. The summed E-state index contributed by atoms with van der Waals surface area (Å²) in [5.74, 6) is 0.0750. The normalized spacial score (nSPS) is 23.3. The Morgan fingerprint density at radius 1 is 1.21 bits per heavy atom. The van der Waals surface area contributed by atoms with E-state index in [1.807, 2.05) is 6.07 Å². The molecule has 158 valence electrons. The Kier molecular flexibility index (Phi) is 6.96. The van der Waals surface area contributed by atoms with E-state index in [1.54, 1.807) is 16.4 Å². The Hall–Kier alpha value is -1.22. The zero-order chi connectivity index (χ0) is 20.3. The van der Waals surface area contributed by atoms with Gasteiger partial charge in [-0.05, 0) is 56.1 Å². The quantitative estimate of drug-likeness (QED) is 0.741. The third-order valence-electron chi connectivity index (χ3n) is 6.05. The van der Waals surface area contributed by atoms with Crippen molar-refractivity contribution in [3.05, 3.63) is 29.6 Å². The van der Waals surface area contributed by atoms with Gasteiger partial charge in [-0.25, -0.2) is 17.1 Å². The Bertz CT molecular complexity index is 765. The molecule has 1 aromatic carbocycles. The standard InChI is InChI=1S/C20H33FN4O2S/c1-4-23-9-11-24(12-10-23)20-6-5-18(21)13-19(20)16(2)22-14-17-7-8-25(15-17)28(3,26)27/h5-6,13,16-17,22H,4,7-12,14-15H2,1-3H3/t16-,17-/m1/s1. The van der Waals surface area contributed by atoms with E-state index in [0.717, 1.165) is 56.9 Å². The molecule has 2 aliphatic rings. The Balaban J connectivity index is 1.63. The number of likely N-dealkylation sites (N-methyl/N-ethyl adjacent to an activating group) is 1. The lowest BCUT2D eigenvalue weighted by Gasteiger charge is -2.37. The van der Waals surface area contributed by atoms with Crippen LogP contribution >= 0.6 is 0 Å². The smallest absolute Gasteiger partial charge is 0.211 e. The van der Waals surface area contributed by atoms with Crippen molar-refractivity contribution in [3.8, 4) is 0 Å². The number of sulfonamides is 1. The van der Waals surface area contributed by atoms with Crippen LogP contribution in [0.5, 0.6) is 0 Å². The summed E-state index contributed by atoms with van der Waals surface area (Å²) < 4.78 is 38.9. The average molecular weight is 413 g/mol. The van der Waals surface area contributed by atoms with Crippen molar-refractivity contribution in [1.82, 2.24) is 14.5 Å². The number of benzene rings is 1. The lowest BCUT2D eigenvalue weighted by atomic mass is 10.0. The molecule has 2 aliphatic heterocycles. The second kappa shape index (κ2) is 9.07. The highest BCUT2D eigenvalue weighted by atomic mass is 32.2. The van der Waals surface area contributed by atoms with E-state index in [-0.39, 0.29) is 11.9 Å². The number of nitrogens with zero attached hydrogens (tertiary/aromatic N) is 3. The van der Waals surface area contributed by atoms with Crippen LogP contribution in [-0.2, 0) is 10.0 Å². The zero-order valence-corrected chi connectivity index (χ0v) is 18.0. The summed E-state index contributed by atoms with van der Waals surface area (Å²) >= 11 is 0. The van der Waals surface area contributed by atoms with Crippen molar-refractivity contribution in [2.75, 3.05) is 63.5 Å². The second-order valence-corrected chi connectivity index (χ2v) is 10.0. The first kappa shape index (κ1) is 21.5. The van der Waals surface area contributed by atoms with Crippen molar-refractivity contribution in [3.63, 3.8) is 0 Å². The number of halogens is 1. The van der Waals surface area contributed by atoms with Crippen molar-refractivity contribution in [2.24, 2.45) is 5.92 Å². The molecule has 0 radical (unpaired) electrons. The maximum Gasteiger partial charge on any atom is 0.211 e. The highest BCUT2D eigenvalue weighted by Crippen LogP contribution is 2.29. The molecule has 3 rings (SSSR count). The van der Waals surface area contributed by atoms with Gasteiger partial charge in [-0.2, -0.15) is 0 Å². The monoisotopic (exact) mass is 412 g/mol. The molecule has 0 amide bonds. The summed E-state index contributed by atoms with van der Waals surface area (Å²) in [6.07, 6.45) is 2.13. The van der Waals surface area contributed by atoms with Gasteiger partial charge in [-0.1, -0.05) is 6.92 Å². The minimum absolute atomic E-state index is 0.00203. The predicted molar refractivity (Wildman–Crippen MR) is 112 cm³/mol. The molecule has 0 bridgehead atoms. The van der Waals surface area contributed by atoms with Gasteiger partial charge in [0.05, 0.1) is 6.26 Å². The van der Waals surface area contributed by atoms with E-state index in [0.29, 0.717) is 19.0 Å². The van der Waals surface area contributed by atoms with Gasteiger partial charge in [0.25, 0.3) is 0 Å². The third-order valence-corrected chi connectivity index (χ3v) is 7.32. The molecule has 28 heavy (non-hydrogen) atoms. The number of rotatable bonds is 7. The molecule has 0 saturated carbocycles. The Labute approximate surface area is 168 Å². The largest absolute Gasteiger partial charge is 0.369 e. The van der Waals surface area contributed by atoms with Gasteiger partial charge >= 0.3 is 0 Å². The van der Waals surface area contributed by atoms with Gasteiger partial charge in [0.1, 0.15) is 5.82 Å². The first-order valence-corrected chi connectivity index (χ1v) is 12.1. The molecule has 1 aromatic rings. The van der Waals surface area contributed by atoms with Gasteiger partial charge in [0.15, 0.2) is 0 Å². The van der Waals surface area contributed by atoms with Gasteiger partial charge in [-0.3, -0.25) is 0 Å². The highest BCUT2D eigenvalue weighted by molar-refractivity contribution is 7.88. The molecule has 0 spiro atoms. The van der Waals surface area contributed by atoms with Gasteiger partial charge in [0, 0.05) is 51.0 Å². The molecule has 1 N–H and O–H groups in total. The van der Waals surface area contributed by atoms with Crippen LogP contribution in [0, 0.1) is 11.7 Å². The molecular weight excluding hydrogens is 379 g/mol. The topological polar surface area (TPSA) is 55.9 Å². The van der Waals surface area contributed by atoms with Crippen LogP contribution in [0.15, 0.2) is 18.2 Å². The SMILES string of the molecule is CCN1CCN(c2ccc(F)cc2[C@@H](C)NC[C@H]2CCN(S(C)(=O)=O)C2)CC1. The maximum atomic E-state index is 14.0. The molecular formula is C20H33FN4O2S. The Morgan fingerprint density at radius 3 is 2.54 bits per heavy atom. The zero-order valence-electron chi connectivity index (χ0n) is 17.2. The van der Waals surface area contributed by atoms with Crippen molar-refractivity contribution < 1.29 is 12.8 Å². The van der Waals surface area contributed by atoms with Crippen LogP contribution in [0.2, 0.25) is 0 Å². The van der Waals surface area contributed by atoms with E-state index in [9.17, 15) is 12.8 Å². The van der Waals surface area contributed by atoms with Gasteiger partial charge < -0.3 is 15.1 Å². The average Bonchev–Trinajstić information content (AvgIpc) is 3.16. The molecule has 0 aromatic heterocycles. The minimum Gasteiger partial charge on any atom is -0.369 e. The molecule has 2 saturated heterocycles. The fraction of sp³-hybridized carbons (Fsp3) is 0.700. The van der Waals surface area contributed by atoms with Crippen LogP contribution in [0.25, 0.3) is 0 Å². The highest BCUT2D eigenvalue weighted by Gasteiger charge is 2.29. The molecule has 2 atom stereocenters. The van der Waals surface area contributed by atoms with Crippen molar-refractivity contribution in [1.29, 1.82) is 0 Å². The van der Waals surface area contributed by atoms with E-state index in [1.165, 1.54) is 6.26 Å². The Morgan fingerprint density at radius 2 is 1.93 bits per heavy atom. The van der Waals surface area contributed by atoms with E-state index in [2.05, 4.69) is 29.0 Å². The third kappa shape index (κ3) is 5.23. The van der Waals surface area contributed by atoms with E-state index < -0.39 is 10.0 Å². The predicted octanol–water partition coefficient (Wildman–Crippen LogP) is 1.90. The summed E-state index contributed by atoms with van der Waals surface area (Å²) in [7, 11) is -3.11. The summed E-state index contributed by atoms with van der Waals surface area (Å²) in [5.41, 5.74) is 2.07. The second-order valence-electron chi connectivity index (χ2n) is 8.03.